The minimum Gasteiger partial charge on any atom is -0.475 e. The van der Waals surface area contributed by atoms with Crippen LogP contribution >= 0.6 is 0 Å². The van der Waals surface area contributed by atoms with Crippen molar-refractivity contribution in [1.82, 2.24) is 0 Å². The van der Waals surface area contributed by atoms with E-state index in [1.807, 2.05) is 48.5 Å². The normalized spacial score (nSPS) is 16.2. The lowest BCUT2D eigenvalue weighted by Crippen LogP contribution is -2.30. The SMILES string of the molecule is NC1=NC2(CO1)c1ccccc1Oc1ccccc12.O=C(O)C(F)(F)F. The van der Waals surface area contributed by atoms with Gasteiger partial charge in [0.25, 0.3) is 6.02 Å². The molecule has 0 fully saturated rings. The Hall–Kier alpha value is -3.23. The van der Waals surface area contributed by atoms with Gasteiger partial charge in [0, 0.05) is 11.1 Å². The fourth-order valence-electron chi connectivity index (χ4n) is 2.77. The fourth-order valence-corrected chi connectivity index (χ4v) is 2.77. The Balaban J connectivity index is 0.000000242. The summed E-state index contributed by atoms with van der Waals surface area (Å²) in [7, 11) is 0. The van der Waals surface area contributed by atoms with Crippen molar-refractivity contribution < 1.29 is 32.5 Å². The molecule has 26 heavy (non-hydrogen) atoms. The first kappa shape index (κ1) is 17.6. The number of fused-ring (bicyclic) bond motifs is 4. The number of carboxylic acid groups (broad SMARTS) is 1. The number of carboxylic acids is 1. The molecule has 1 spiro atoms. The van der Waals surface area contributed by atoms with Gasteiger partial charge in [0.2, 0.25) is 0 Å². The largest absolute Gasteiger partial charge is 0.490 e. The van der Waals surface area contributed by atoms with Crippen LogP contribution in [0.25, 0.3) is 0 Å². The highest BCUT2D eigenvalue weighted by Crippen LogP contribution is 2.50. The number of para-hydroxylation sites is 2. The van der Waals surface area contributed by atoms with Crippen molar-refractivity contribution in [1.29, 1.82) is 0 Å². The molecular weight excluding hydrogens is 353 g/mol. The van der Waals surface area contributed by atoms with E-state index in [4.69, 9.17) is 25.1 Å². The lowest BCUT2D eigenvalue weighted by atomic mass is 9.81. The predicted octanol–water partition coefficient (Wildman–Crippen LogP) is 3.01. The van der Waals surface area contributed by atoms with E-state index in [1.54, 1.807) is 0 Å². The van der Waals surface area contributed by atoms with E-state index in [0.717, 1.165) is 22.6 Å². The Morgan fingerprint density at radius 1 is 1.08 bits per heavy atom. The van der Waals surface area contributed by atoms with Gasteiger partial charge < -0.3 is 20.3 Å². The summed E-state index contributed by atoms with van der Waals surface area (Å²) in [5.41, 5.74) is 7.16. The van der Waals surface area contributed by atoms with Gasteiger partial charge in [0.05, 0.1) is 0 Å². The second-order valence-electron chi connectivity index (χ2n) is 5.50. The number of hydrogen-bond acceptors (Lipinski definition) is 5. The van der Waals surface area contributed by atoms with Crippen molar-refractivity contribution in [2.75, 3.05) is 6.61 Å². The maximum absolute atomic E-state index is 10.6. The minimum absolute atomic E-state index is 0.228. The number of nitrogens with two attached hydrogens (primary N) is 1. The van der Waals surface area contributed by atoms with E-state index >= 15 is 0 Å². The first-order chi connectivity index (χ1) is 12.2. The second-order valence-corrected chi connectivity index (χ2v) is 5.50. The Labute approximate surface area is 145 Å². The number of halogens is 3. The van der Waals surface area contributed by atoms with Crippen LogP contribution in [0.3, 0.4) is 0 Å². The Bertz CT molecular complexity index is 835. The van der Waals surface area contributed by atoms with Crippen LogP contribution in [-0.4, -0.2) is 29.9 Å². The zero-order valence-corrected chi connectivity index (χ0v) is 13.2. The zero-order chi connectivity index (χ0) is 18.9. The highest BCUT2D eigenvalue weighted by molar-refractivity contribution is 5.76. The molecule has 0 atom stereocenters. The van der Waals surface area contributed by atoms with E-state index in [2.05, 4.69) is 4.99 Å². The van der Waals surface area contributed by atoms with Crippen LogP contribution < -0.4 is 10.5 Å². The van der Waals surface area contributed by atoms with Gasteiger partial charge in [-0.05, 0) is 12.1 Å². The van der Waals surface area contributed by atoms with Crippen LogP contribution in [0.1, 0.15) is 11.1 Å². The molecule has 0 radical (unpaired) electrons. The summed E-state index contributed by atoms with van der Waals surface area (Å²) in [4.78, 5) is 13.5. The minimum atomic E-state index is -5.08. The van der Waals surface area contributed by atoms with Gasteiger partial charge in [-0.25, -0.2) is 9.79 Å². The number of amidine groups is 1. The smallest absolute Gasteiger partial charge is 0.475 e. The fraction of sp³-hybridized carbons (Fsp3) is 0.176. The quantitative estimate of drug-likeness (QED) is 0.748. The number of nitrogens with zero attached hydrogens (tertiary/aromatic N) is 1. The van der Waals surface area contributed by atoms with Gasteiger partial charge in [-0.1, -0.05) is 36.4 Å². The Kier molecular flexibility index (Phi) is 4.23. The molecule has 136 valence electrons. The molecule has 3 N–H and O–H groups in total. The molecule has 0 aliphatic carbocycles. The van der Waals surface area contributed by atoms with Crippen molar-refractivity contribution >= 4 is 12.0 Å². The molecule has 6 nitrogen and oxygen atoms in total. The van der Waals surface area contributed by atoms with Crippen molar-refractivity contribution in [3.05, 3.63) is 59.7 Å². The number of ether oxygens (including phenoxy) is 2. The van der Waals surface area contributed by atoms with Crippen LogP contribution in [0, 0.1) is 0 Å². The number of rotatable bonds is 0. The van der Waals surface area contributed by atoms with E-state index in [1.165, 1.54) is 0 Å². The molecule has 0 saturated heterocycles. The lowest BCUT2D eigenvalue weighted by molar-refractivity contribution is -0.192. The first-order valence-corrected chi connectivity index (χ1v) is 7.39. The summed E-state index contributed by atoms with van der Waals surface area (Å²) in [6.07, 6.45) is -5.08. The monoisotopic (exact) mass is 366 g/mol. The Morgan fingerprint density at radius 3 is 1.92 bits per heavy atom. The predicted molar refractivity (Wildman–Crippen MR) is 85.0 cm³/mol. The summed E-state index contributed by atoms with van der Waals surface area (Å²) in [5, 5.41) is 7.12. The average molecular weight is 366 g/mol. The summed E-state index contributed by atoms with van der Waals surface area (Å²) >= 11 is 0. The number of benzene rings is 2. The third-order valence-corrected chi connectivity index (χ3v) is 3.86. The molecule has 2 aliphatic heterocycles. The lowest BCUT2D eigenvalue weighted by Gasteiger charge is -2.33. The molecular formula is C17H13F3N2O4. The number of aliphatic imine (C=N–C) groups is 1. The van der Waals surface area contributed by atoms with Crippen molar-refractivity contribution in [3.63, 3.8) is 0 Å². The standard InChI is InChI=1S/C15H12N2O2.C2HF3O2/c16-14-17-15(9-18-14)10-5-1-3-7-12(10)19-13-8-4-2-6-11(13)15;3-2(4,5)1(6)7/h1-8H,9H2,(H2,16,17);(H,6,7). The van der Waals surface area contributed by atoms with E-state index in [-0.39, 0.29) is 6.02 Å². The molecule has 2 aromatic carbocycles. The van der Waals surface area contributed by atoms with Crippen LogP contribution in [0.4, 0.5) is 13.2 Å². The van der Waals surface area contributed by atoms with Crippen molar-refractivity contribution in [2.45, 2.75) is 11.7 Å². The molecule has 4 rings (SSSR count). The van der Waals surface area contributed by atoms with Gasteiger partial charge in [-0.2, -0.15) is 13.2 Å². The molecule has 2 aromatic rings. The summed E-state index contributed by atoms with van der Waals surface area (Å²) in [6, 6.07) is 16.0. The molecule has 0 amide bonds. The van der Waals surface area contributed by atoms with Crippen molar-refractivity contribution in [2.24, 2.45) is 10.7 Å². The first-order valence-electron chi connectivity index (χ1n) is 7.39. The van der Waals surface area contributed by atoms with Crippen molar-refractivity contribution in [3.8, 4) is 11.5 Å². The van der Waals surface area contributed by atoms with Gasteiger partial charge in [-0.3, -0.25) is 0 Å². The summed E-state index contributed by atoms with van der Waals surface area (Å²) in [5.74, 6) is -1.14. The van der Waals surface area contributed by atoms with Crippen LogP contribution in [0.2, 0.25) is 0 Å². The molecule has 9 heteroatoms. The maximum atomic E-state index is 10.6. The van der Waals surface area contributed by atoms with E-state index < -0.39 is 17.7 Å². The topological polar surface area (TPSA) is 94.1 Å². The number of aliphatic carboxylic acids is 1. The third kappa shape index (κ3) is 3.03. The third-order valence-electron chi connectivity index (χ3n) is 3.86. The van der Waals surface area contributed by atoms with Crippen LogP contribution in [-0.2, 0) is 15.1 Å². The van der Waals surface area contributed by atoms with Gasteiger partial charge in [0.15, 0.2) is 5.54 Å². The highest BCUT2D eigenvalue weighted by atomic mass is 19.4. The molecule has 0 unspecified atom stereocenters. The average Bonchev–Trinajstić information content (AvgIpc) is 2.98. The molecule has 0 aromatic heterocycles. The summed E-state index contributed by atoms with van der Waals surface area (Å²) < 4.78 is 43.1. The molecule has 2 heterocycles. The zero-order valence-electron chi connectivity index (χ0n) is 13.2. The maximum Gasteiger partial charge on any atom is 0.490 e. The number of alkyl halides is 3. The molecule has 0 bridgehead atoms. The van der Waals surface area contributed by atoms with Gasteiger partial charge in [0.1, 0.15) is 18.1 Å². The van der Waals surface area contributed by atoms with Gasteiger partial charge >= 0.3 is 12.1 Å². The van der Waals surface area contributed by atoms with Crippen LogP contribution in [0.5, 0.6) is 11.5 Å². The number of hydrogen-bond donors (Lipinski definition) is 2. The summed E-state index contributed by atoms with van der Waals surface area (Å²) in [6.45, 7) is 0.413. The number of carbonyl (C=O) groups is 1. The van der Waals surface area contributed by atoms with Crippen LogP contribution in [0.15, 0.2) is 53.5 Å². The van der Waals surface area contributed by atoms with E-state index in [9.17, 15) is 13.2 Å². The Morgan fingerprint density at radius 2 is 1.54 bits per heavy atom. The van der Waals surface area contributed by atoms with E-state index in [0.29, 0.717) is 6.61 Å². The highest BCUT2D eigenvalue weighted by Gasteiger charge is 2.46. The second kappa shape index (κ2) is 6.25. The van der Waals surface area contributed by atoms with Gasteiger partial charge in [-0.15, -0.1) is 0 Å². The molecule has 0 saturated carbocycles. The molecule has 2 aliphatic rings.